The molecule has 10 heteroatoms. The zero-order valence-electron chi connectivity index (χ0n) is 20.5. The second kappa shape index (κ2) is 11.0. The van der Waals surface area contributed by atoms with Gasteiger partial charge in [-0.1, -0.05) is 48.0 Å². The van der Waals surface area contributed by atoms with Crippen LogP contribution in [0, 0.1) is 5.41 Å². The fourth-order valence-electron chi connectivity index (χ4n) is 4.75. The summed E-state index contributed by atoms with van der Waals surface area (Å²) in [5.41, 5.74) is 2.62. The Kier molecular flexibility index (Phi) is 8.02. The van der Waals surface area contributed by atoms with Crippen LogP contribution in [0.2, 0.25) is 5.02 Å². The van der Waals surface area contributed by atoms with E-state index in [1.165, 1.54) is 6.21 Å². The number of rotatable bonds is 8. The molecule has 2 aliphatic rings. The van der Waals surface area contributed by atoms with Crippen LogP contribution >= 0.6 is 11.6 Å². The zero-order chi connectivity index (χ0) is 25.9. The molecule has 1 amide bonds. The van der Waals surface area contributed by atoms with Gasteiger partial charge in [0.05, 0.1) is 17.0 Å². The number of nitrogens with one attached hydrogen (secondary N) is 2. The molecule has 8 nitrogen and oxygen atoms in total. The molecule has 1 atom stereocenters. The third-order valence-corrected chi connectivity index (χ3v) is 9.13. The molecule has 2 heterocycles. The molecule has 2 N–H and O–H groups in total. The van der Waals surface area contributed by atoms with E-state index in [1.54, 1.807) is 42.4 Å². The predicted molar refractivity (Wildman–Crippen MR) is 144 cm³/mol. The molecule has 1 saturated heterocycles. The van der Waals surface area contributed by atoms with Crippen LogP contribution in [0.4, 0.5) is 5.69 Å². The van der Waals surface area contributed by atoms with E-state index in [2.05, 4.69) is 5.32 Å². The van der Waals surface area contributed by atoms with Gasteiger partial charge < -0.3 is 20.5 Å². The average molecular weight is 530 g/mol. The first kappa shape index (κ1) is 26.2. The summed E-state index contributed by atoms with van der Waals surface area (Å²) < 4.78 is 27.3. The molecule has 2 aromatic carbocycles. The van der Waals surface area contributed by atoms with Crippen LogP contribution in [-0.2, 0) is 21.2 Å². The van der Waals surface area contributed by atoms with Crippen LogP contribution in [0.3, 0.4) is 0 Å². The van der Waals surface area contributed by atoms with Crippen LogP contribution in [-0.4, -0.2) is 78.7 Å². The van der Waals surface area contributed by atoms with Crippen LogP contribution < -0.4 is 5.32 Å². The smallest absolute Gasteiger partial charge is 0.274 e. The van der Waals surface area contributed by atoms with E-state index in [-0.39, 0.29) is 11.9 Å². The van der Waals surface area contributed by atoms with Gasteiger partial charge in [-0.25, -0.2) is 8.42 Å². The number of piperazine rings is 1. The number of nitrogens with zero attached hydrogens (tertiary/aromatic N) is 3. The highest BCUT2D eigenvalue weighted by atomic mass is 35.5. The average Bonchev–Trinajstić information content (AvgIpc) is 2.86. The minimum atomic E-state index is -3.40. The molecule has 0 aliphatic carbocycles. The number of carbonyl (C=O) groups is 1. The summed E-state index contributed by atoms with van der Waals surface area (Å²) >= 11 is 6.11. The predicted octanol–water partition coefficient (Wildman–Crippen LogP) is 3.42. The Labute approximate surface area is 218 Å². The Morgan fingerprint density at radius 3 is 2.56 bits per heavy atom. The lowest BCUT2D eigenvalue weighted by Crippen LogP contribution is -2.62. The highest BCUT2D eigenvalue weighted by Gasteiger charge is 2.41. The third-order valence-electron chi connectivity index (χ3n) is 6.65. The topological polar surface area (TPSA) is 96.8 Å². The maximum atomic E-state index is 13.6. The van der Waals surface area contributed by atoms with E-state index < -0.39 is 15.3 Å². The van der Waals surface area contributed by atoms with Crippen LogP contribution in [0.1, 0.15) is 19.4 Å². The van der Waals surface area contributed by atoms with Gasteiger partial charge in [0.1, 0.15) is 5.70 Å². The van der Waals surface area contributed by atoms with Gasteiger partial charge in [-0.05, 0) is 44.0 Å². The van der Waals surface area contributed by atoms with Gasteiger partial charge in [0.15, 0.2) is 0 Å². The van der Waals surface area contributed by atoms with Crippen molar-refractivity contribution in [2.75, 3.05) is 38.0 Å². The number of amides is 1. The Balaban J connectivity index is 1.66. The molecule has 1 unspecified atom stereocenters. The van der Waals surface area contributed by atoms with Gasteiger partial charge in [0, 0.05) is 49.6 Å². The Morgan fingerprint density at radius 2 is 1.89 bits per heavy atom. The number of carbonyl (C=O) groups excluding carboxylic acids is 1. The van der Waals surface area contributed by atoms with E-state index in [0.717, 1.165) is 5.56 Å². The van der Waals surface area contributed by atoms with Crippen LogP contribution in [0.5, 0.6) is 0 Å². The van der Waals surface area contributed by atoms with E-state index in [9.17, 15) is 13.2 Å². The van der Waals surface area contributed by atoms with Crippen LogP contribution in [0.25, 0.3) is 0 Å². The molecule has 4 rings (SSSR count). The Bertz CT molecular complexity index is 1250. The molecule has 0 radical (unpaired) electrons. The van der Waals surface area contributed by atoms with Gasteiger partial charge in [-0.15, -0.1) is 0 Å². The van der Waals surface area contributed by atoms with Crippen molar-refractivity contribution in [3.8, 4) is 0 Å². The maximum Gasteiger partial charge on any atom is 0.274 e. The van der Waals surface area contributed by atoms with Crippen molar-refractivity contribution < 1.29 is 13.2 Å². The number of halogens is 1. The third kappa shape index (κ3) is 5.58. The van der Waals surface area contributed by atoms with Crippen LogP contribution in [0.15, 0.2) is 66.0 Å². The number of sulfonamides is 1. The fourth-order valence-corrected chi connectivity index (χ4v) is 6.26. The molecule has 0 bridgehead atoms. The number of benzene rings is 2. The maximum absolute atomic E-state index is 13.6. The van der Waals surface area contributed by atoms with Crippen molar-refractivity contribution in [1.29, 1.82) is 5.41 Å². The van der Waals surface area contributed by atoms with Crippen molar-refractivity contribution >= 4 is 39.4 Å². The molecule has 2 aliphatic heterocycles. The molecule has 0 aromatic heterocycles. The quantitative estimate of drug-likeness (QED) is 0.511. The molecule has 0 saturated carbocycles. The minimum Gasteiger partial charge on any atom is -0.363 e. The lowest BCUT2D eigenvalue weighted by atomic mass is 10.0. The molecule has 0 spiro atoms. The highest BCUT2D eigenvalue weighted by molar-refractivity contribution is 7.89. The molecule has 192 valence electrons. The van der Waals surface area contributed by atoms with Gasteiger partial charge in [-0.3, -0.25) is 4.79 Å². The number of hydrogen-bond acceptors (Lipinski definition) is 6. The van der Waals surface area contributed by atoms with Gasteiger partial charge in [0.25, 0.3) is 5.91 Å². The first-order chi connectivity index (χ1) is 17.2. The van der Waals surface area contributed by atoms with Gasteiger partial charge in [-0.2, -0.15) is 4.31 Å². The number of fused-ring (bicyclic) bond motifs is 1. The highest BCUT2D eigenvalue weighted by Crippen LogP contribution is 2.29. The summed E-state index contributed by atoms with van der Waals surface area (Å²) in [6, 6.07) is 16.8. The zero-order valence-corrected chi connectivity index (χ0v) is 22.1. The number of allylic oxidation sites excluding steroid dienone is 1. The van der Waals surface area contributed by atoms with Crippen molar-refractivity contribution in [3.05, 3.63) is 76.6 Å². The first-order valence-electron chi connectivity index (χ1n) is 12.1. The molecule has 1 fully saturated rings. The van der Waals surface area contributed by atoms with Crippen molar-refractivity contribution in [1.82, 2.24) is 14.1 Å². The van der Waals surface area contributed by atoms with E-state index >= 15 is 0 Å². The van der Waals surface area contributed by atoms with E-state index in [4.69, 9.17) is 17.0 Å². The Hall–Kier alpha value is -2.88. The van der Waals surface area contributed by atoms with E-state index in [1.807, 2.05) is 40.1 Å². The minimum absolute atomic E-state index is 0.164. The van der Waals surface area contributed by atoms with Crippen molar-refractivity contribution in [2.24, 2.45) is 0 Å². The summed E-state index contributed by atoms with van der Waals surface area (Å²) in [5, 5.41) is 11.1. The van der Waals surface area contributed by atoms with Gasteiger partial charge in [0.2, 0.25) is 10.0 Å². The second-order valence-corrected chi connectivity index (χ2v) is 12.2. The van der Waals surface area contributed by atoms with Crippen molar-refractivity contribution in [3.63, 3.8) is 0 Å². The summed E-state index contributed by atoms with van der Waals surface area (Å²) in [6.45, 7) is 5.48. The normalized spacial score (nSPS) is 18.8. The number of anilines is 1. The number of hydrogen-bond donors (Lipinski definition) is 2. The molecular weight excluding hydrogens is 498 g/mol. The molecule has 36 heavy (non-hydrogen) atoms. The molecular formula is C26H32ClN5O3S. The first-order valence-corrected chi connectivity index (χ1v) is 13.9. The standard InChI is InChI=1S/C26H32ClN5O3S/c1-19(2)36(34,35)31-13-14-32-23(18-31)17-30(12-11-20-7-4-3-5-8-20)25(24(32)16-28)26(33)29-22-10-6-9-21(27)15-22/h3-10,15-16,19,23,28H,11-14,17-18H2,1-2H3,(H,29,33). The molecule has 2 aromatic rings. The lowest BCUT2D eigenvalue weighted by Gasteiger charge is -2.49. The summed E-state index contributed by atoms with van der Waals surface area (Å²) in [5.74, 6) is -0.320. The van der Waals surface area contributed by atoms with Gasteiger partial charge >= 0.3 is 0 Å². The summed E-state index contributed by atoms with van der Waals surface area (Å²) in [4.78, 5) is 17.6. The summed E-state index contributed by atoms with van der Waals surface area (Å²) in [6.07, 6.45) is 1.92. The van der Waals surface area contributed by atoms with Crippen molar-refractivity contribution in [2.45, 2.75) is 31.6 Å². The second-order valence-electron chi connectivity index (χ2n) is 9.32. The lowest BCUT2D eigenvalue weighted by molar-refractivity contribution is -0.115. The largest absolute Gasteiger partial charge is 0.363 e. The monoisotopic (exact) mass is 529 g/mol. The SMILES string of the molecule is CC(C)S(=O)(=O)N1CCN2C(C=N)=C(C(=O)Nc3cccc(Cl)c3)N(CCc3ccccc3)CC2C1. The Morgan fingerprint density at radius 1 is 1.14 bits per heavy atom. The fraction of sp³-hybridized carbons (Fsp3) is 0.385. The van der Waals surface area contributed by atoms with E-state index in [0.29, 0.717) is 61.2 Å². The summed E-state index contributed by atoms with van der Waals surface area (Å²) in [7, 11) is -3.40.